The molecular weight excluding hydrogens is 392 g/mol. The van der Waals surface area contributed by atoms with Gasteiger partial charge in [0.15, 0.2) is 0 Å². The van der Waals surface area contributed by atoms with Gasteiger partial charge in [-0.25, -0.2) is 0 Å². The maximum atomic E-state index is 12.0. The first-order valence-electron chi connectivity index (χ1n) is 8.44. The molecular formula is C18H23ClN2O3S2. The van der Waals surface area contributed by atoms with Gasteiger partial charge < -0.3 is 10.4 Å². The van der Waals surface area contributed by atoms with E-state index < -0.39 is 0 Å². The predicted molar refractivity (Wildman–Crippen MR) is 107 cm³/mol. The maximum Gasteiger partial charge on any atom is 0.290 e. The third kappa shape index (κ3) is 7.45. The third-order valence-corrected chi connectivity index (χ3v) is 6.21. The summed E-state index contributed by atoms with van der Waals surface area (Å²) in [6.07, 6.45) is 2.90. The van der Waals surface area contributed by atoms with Gasteiger partial charge >= 0.3 is 0 Å². The molecule has 2 aromatic heterocycles. The number of piperidine rings is 1. The van der Waals surface area contributed by atoms with Gasteiger partial charge in [0.1, 0.15) is 0 Å². The van der Waals surface area contributed by atoms with Gasteiger partial charge in [-0.05, 0) is 48.9 Å². The van der Waals surface area contributed by atoms with Crippen LogP contribution in [0.5, 0.6) is 0 Å². The van der Waals surface area contributed by atoms with Gasteiger partial charge in [0, 0.05) is 29.4 Å². The monoisotopic (exact) mass is 414 g/mol. The number of carbonyl (C=O) groups excluding carboxylic acids is 1. The molecule has 1 amide bonds. The first kappa shape index (κ1) is 20.9. The number of halogens is 1. The van der Waals surface area contributed by atoms with Crippen LogP contribution in [0.15, 0.2) is 29.6 Å². The summed E-state index contributed by atoms with van der Waals surface area (Å²) in [5, 5.41) is 12.0. The number of hydrogen-bond acceptors (Lipinski definition) is 5. The van der Waals surface area contributed by atoms with Crippen molar-refractivity contribution in [2.75, 3.05) is 19.6 Å². The Morgan fingerprint density at radius 3 is 2.85 bits per heavy atom. The average Bonchev–Trinajstić information content (AvgIpc) is 3.26. The van der Waals surface area contributed by atoms with Crippen molar-refractivity contribution in [3.8, 4) is 0 Å². The SMILES string of the molecule is O=C(Cc1cccs1)NCC1CCCN(Cc2ccc(Cl)s2)C1.O=CO. The molecule has 1 unspecified atom stereocenters. The minimum absolute atomic E-state index is 0.134. The van der Waals surface area contributed by atoms with E-state index in [9.17, 15) is 4.79 Å². The van der Waals surface area contributed by atoms with Crippen molar-refractivity contribution in [2.45, 2.75) is 25.8 Å². The quantitative estimate of drug-likeness (QED) is 0.706. The molecule has 26 heavy (non-hydrogen) atoms. The van der Waals surface area contributed by atoms with Crippen LogP contribution in [-0.4, -0.2) is 42.0 Å². The van der Waals surface area contributed by atoms with Crippen LogP contribution in [0, 0.1) is 5.92 Å². The molecule has 0 saturated carbocycles. The molecule has 0 radical (unpaired) electrons. The average molecular weight is 415 g/mol. The topological polar surface area (TPSA) is 69.6 Å². The molecule has 0 aromatic carbocycles. The van der Waals surface area contributed by atoms with E-state index >= 15 is 0 Å². The lowest BCUT2D eigenvalue weighted by Crippen LogP contribution is -2.40. The van der Waals surface area contributed by atoms with Gasteiger partial charge in [-0.2, -0.15) is 0 Å². The second-order valence-electron chi connectivity index (χ2n) is 6.11. The van der Waals surface area contributed by atoms with Crippen LogP contribution in [0.4, 0.5) is 0 Å². The molecule has 0 bridgehead atoms. The number of nitrogens with one attached hydrogen (secondary N) is 1. The summed E-state index contributed by atoms with van der Waals surface area (Å²) in [6.45, 7) is 3.69. The van der Waals surface area contributed by atoms with E-state index in [0.29, 0.717) is 12.3 Å². The number of hydrogen-bond donors (Lipinski definition) is 2. The smallest absolute Gasteiger partial charge is 0.290 e. The summed E-state index contributed by atoms with van der Waals surface area (Å²) in [5.41, 5.74) is 0. The molecule has 1 fully saturated rings. The van der Waals surface area contributed by atoms with Crippen molar-refractivity contribution in [1.82, 2.24) is 10.2 Å². The number of carbonyl (C=O) groups is 2. The van der Waals surface area contributed by atoms with Crippen molar-refractivity contribution < 1.29 is 14.7 Å². The Balaban J connectivity index is 0.000000758. The maximum absolute atomic E-state index is 12.0. The zero-order chi connectivity index (χ0) is 18.8. The van der Waals surface area contributed by atoms with Gasteiger partial charge in [-0.3, -0.25) is 14.5 Å². The summed E-state index contributed by atoms with van der Waals surface area (Å²) < 4.78 is 0.856. The van der Waals surface area contributed by atoms with Crippen molar-refractivity contribution in [3.63, 3.8) is 0 Å². The van der Waals surface area contributed by atoms with Crippen LogP contribution in [0.2, 0.25) is 4.34 Å². The van der Waals surface area contributed by atoms with E-state index in [1.807, 2.05) is 23.6 Å². The molecule has 0 spiro atoms. The Morgan fingerprint density at radius 2 is 2.19 bits per heavy atom. The van der Waals surface area contributed by atoms with E-state index in [0.717, 1.165) is 35.4 Å². The number of rotatable bonds is 6. The first-order chi connectivity index (χ1) is 12.6. The van der Waals surface area contributed by atoms with Gasteiger partial charge in [0.2, 0.25) is 5.91 Å². The lowest BCUT2D eigenvalue weighted by molar-refractivity contribution is -0.123. The van der Waals surface area contributed by atoms with Gasteiger partial charge in [0.25, 0.3) is 6.47 Å². The van der Waals surface area contributed by atoms with E-state index in [4.69, 9.17) is 21.5 Å². The van der Waals surface area contributed by atoms with Crippen molar-refractivity contribution in [3.05, 3.63) is 43.7 Å². The fraction of sp³-hybridized carbons (Fsp3) is 0.444. The summed E-state index contributed by atoms with van der Waals surface area (Å²) >= 11 is 9.30. The van der Waals surface area contributed by atoms with E-state index in [-0.39, 0.29) is 12.4 Å². The highest BCUT2D eigenvalue weighted by atomic mass is 35.5. The number of carboxylic acid groups (broad SMARTS) is 1. The first-order valence-corrected chi connectivity index (χ1v) is 10.5. The largest absolute Gasteiger partial charge is 0.483 e. The molecule has 1 aliphatic heterocycles. The summed E-state index contributed by atoms with van der Waals surface area (Å²) in [7, 11) is 0. The van der Waals surface area contributed by atoms with E-state index in [1.54, 1.807) is 22.7 Å². The molecule has 1 saturated heterocycles. The predicted octanol–water partition coefficient (Wildman–Crippen LogP) is 3.73. The minimum atomic E-state index is -0.250. The molecule has 3 rings (SSSR count). The van der Waals surface area contributed by atoms with Crippen molar-refractivity contribution in [2.24, 2.45) is 5.92 Å². The highest BCUT2D eigenvalue weighted by molar-refractivity contribution is 7.16. The number of thiophene rings is 2. The van der Waals surface area contributed by atoms with Crippen LogP contribution >= 0.6 is 34.3 Å². The molecule has 1 aliphatic rings. The standard InChI is InChI=1S/C17H21ClN2OS2.CH2O2/c18-16-6-5-15(23-16)12-20-7-1-3-13(11-20)10-19-17(21)9-14-4-2-8-22-14;2-1-3/h2,4-6,8,13H,1,3,7,9-12H2,(H,19,21);1H,(H,2,3). The Morgan fingerprint density at radius 1 is 1.38 bits per heavy atom. The number of nitrogens with zero attached hydrogens (tertiary/aromatic N) is 1. The van der Waals surface area contributed by atoms with E-state index in [1.165, 1.54) is 17.7 Å². The molecule has 1 atom stereocenters. The fourth-order valence-electron chi connectivity index (χ4n) is 3.01. The second kappa shape index (κ2) is 11.3. The molecule has 2 aromatic rings. The lowest BCUT2D eigenvalue weighted by Gasteiger charge is -2.32. The zero-order valence-corrected chi connectivity index (χ0v) is 16.8. The van der Waals surface area contributed by atoms with Crippen LogP contribution < -0.4 is 5.32 Å². The van der Waals surface area contributed by atoms with Crippen LogP contribution in [0.25, 0.3) is 0 Å². The molecule has 0 aliphatic carbocycles. The van der Waals surface area contributed by atoms with Crippen molar-refractivity contribution in [1.29, 1.82) is 0 Å². The van der Waals surface area contributed by atoms with Crippen LogP contribution in [0.1, 0.15) is 22.6 Å². The van der Waals surface area contributed by atoms with Crippen LogP contribution in [-0.2, 0) is 22.6 Å². The number of amides is 1. The van der Waals surface area contributed by atoms with Gasteiger partial charge in [0.05, 0.1) is 10.8 Å². The highest BCUT2D eigenvalue weighted by Crippen LogP contribution is 2.25. The Labute approximate surface area is 166 Å². The van der Waals surface area contributed by atoms with Crippen molar-refractivity contribution >= 4 is 46.7 Å². The van der Waals surface area contributed by atoms with Crippen LogP contribution in [0.3, 0.4) is 0 Å². The molecule has 3 heterocycles. The normalized spacial score (nSPS) is 17.2. The third-order valence-electron chi connectivity index (χ3n) is 4.11. The summed E-state index contributed by atoms with van der Waals surface area (Å²) in [4.78, 5) is 25.3. The minimum Gasteiger partial charge on any atom is -0.483 e. The molecule has 2 N–H and O–H groups in total. The summed E-state index contributed by atoms with van der Waals surface area (Å²) in [6, 6.07) is 8.08. The second-order valence-corrected chi connectivity index (χ2v) is 8.95. The number of likely N-dealkylation sites (tertiary alicyclic amines) is 1. The van der Waals surface area contributed by atoms with E-state index in [2.05, 4.69) is 16.3 Å². The summed E-state index contributed by atoms with van der Waals surface area (Å²) in [5.74, 6) is 0.682. The fourth-order valence-corrected chi connectivity index (χ4v) is 4.84. The Bertz CT molecular complexity index is 676. The lowest BCUT2D eigenvalue weighted by atomic mass is 9.98. The highest BCUT2D eigenvalue weighted by Gasteiger charge is 2.21. The zero-order valence-electron chi connectivity index (χ0n) is 14.4. The van der Waals surface area contributed by atoms with Gasteiger partial charge in [-0.15, -0.1) is 22.7 Å². The van der Waals surface area contributed by atoms with Gasteiger partial charge in [-0.1, -0.05) is 17.7 Å². The molecule has 5 nitrogen and oxygen atoms in total. The molecule has 142 valence electrons. The Kier molecular flexibility index (Phi) is 9.11. The molecule has 8 heteroatoms. The Hall–Kier alpha value is -1.41.